The lowest BCUT2D eigenvalue weighted by molar-refractivity contribution is -0.742. The largest absolute Gasteiger partial charge is 0.384 e. The molecule has 14 heavy (non-hydrogen) atoms. The molecule has 0 atom stereocenters. The SMILES string of the molecule is O=[N+]([O-])O.O=[N+]([O-])O.OCC#CCO. The molecule has 0 aromatic carbocycles. The summed E-state index contributed by atoms with van der Waals surface area (Å²) in [6.45, 7) is -0.332. The Balaban J connectivity index is -0.000000135. The van der Waals surface area contributed by atoms with Gasteiger partial charge in [0, 0.05) is 0 Å². The summed E-state index contributed by atoms with van der Waals surface area (Å²) >= 11 is 0. The smallest absolute Gasteiger partial charge is 0.291 e. The van der Waals surface area contributed by atoms with E-state index in [4.69, 9.17) is 40.9 Å². The van der Waals surface area contributed by atoms with Gasteiger partial charge in [0.15, 0.2) is 0 Å². The summed E-state index contributed by atoms with van der Waals surface area (Å²) < 4.78 is 0. The third-order valence-corrected chi connectivity index (χ3v) is 0.283. The van der Waals surface area contributed by atoms with Crippen LogP contribution >= 0.6 is 0 Å². The molecule has 0 aromatic rings. The lowest BCUT2D eigenvalue weighted by Crippen LogP contribution is -1.81. The topological polar surface area (TPSA) is 167 Å². The average Bonchev–Trinajstić information content (AvgIpc) is 1.98. The van der Waals surface area contributed by atoms with Crippen molar-refractivity contribution in [3.05, 3.63) is 20.2 Å². The highest BCUT2D eigenvalue weighted by molar-refractivity contribution is 4.97. The van der Waals surface area contributed by atoms with Crippen molar-refractivity contribution in [3.63, 3.8) is 0 Å². The standard InChI is InChI=1S/C4H6O2.2HNO3/c5-3-1-2-4-6;2*2-1(3)4/h5-6H,3-4H2;2*(H,2,3,4). The van der Waals surface area contributed by atoms with E-state index in [2.05, 4.69) is 11.8 Å². The van der Waals surface area contributed by atoms with Crippen molar-refractivity contribution in [2.24, 2.45) is 0 Å². The summed E-state index contributed by atoms with van der Waals surface area (Å²) in [6, 6.07) is 0. The molecule has 0 radical (unpaired) electrons. The maximum absolute atomic E-state index is 8.36. The van der Waals surface area contributed by atoms with Crippen molar-refractivity contribution in [2.75, 3.05) is 13.2 Å². The summed E-state index contributed by atoms with van der Waals surface area (Å²) in [6.07, 6.45) is 0. The number of hydrogen-bond donors (Lipinski definition) is 4. The maximum Gasteiger partial charge on any atom is 0.291 e. The number of rotatable bonds is 0. The van der Waals surface area contributed by atoms with Crippen LogP contribution in [0, 0.1) is 32.1 Å². The summed E-state index contributed by atoms with van der Waals surface area (Å²) in [4.78, 5) is 16.7. The van der Waals surface area contributed by atoms with Crippen molar-refractivity contribution >= 4 is 0 Å². The van der Waals surface area contributed by atoms with E-state index in [1.54, 1.807) is 0 Å². The van der Waals surface area contributed by atoms with E-state index < -0.39 is 10.2 Å². The van der Waals surface area contributed by atoms with E-state index in [0.717, 1.165) is 0 Å². The van der Waals surface area contributed by atoms with E-state index in [0.29, 0.717) is 0 Å². The van der Waals surface area contributed by atoms with E-state index in [9.17, 15) is 0 Å². The van der Waals surface area contributed by atoms with Gasteiger partial charge in [0.05, 0.1) is 0 Å². The second kappa shape index (κ2) is 17.1. The third kappa shape index (κ3) is 1010. The number of hydrogen-bond acceptors (Lipinski definition) is 6. The predicted molar refractivity (Wildman–Crippen MR) is 39.5 cm³/mol. The highest BCUT2D eigenvalue weighted by Crippen LogP contribution is 1.48. The monoisotopic (exact) mass is 212 g/mol. The molecule has 0 saturated heterocycles. The Hall–Kier alpha value is -2.12. The van der Waals surface area contributed by atoms with E-state index >= 15 is 0 Å². The van der Waals surface area contributed by atoms with Crippen LogP contribution in [0.3, 0.4) is 0 Å². The molecule has 0 unspecified atom stereocenters. The average molecular weight is 212 g/mol. The first-order chi connectivity index (χ1) is 6.38. The van der Waals surface area contributed by atoms with Gasteiger partial charge in [-0.25, -0.2) is 0 Å². The van der Waals surface area contributed by atoms with Gasteiger partial charge in [-0.15, -0.1) is 20.2 Å². The molecular formula is C4H8N2O8. The van der Waals surface area contributed by atoms with Gasteiger partial charge >= 0.3 is 0 Å². The number of aliphatic hydroxyl groups excluding tert-OH is 2. The van der Waals surface area contributed by atoms with Crippen LogP contribution in [0.25, 0.3) is 0 Å². The van der Waals surface area contributed by atoms with Crippen LogP contribution in [-0.2, 0) is 0 Å². The molecule has 0 saturated carbocycles. The first kappa shape index (κ1) is 17.8. The van der Waals surface area contributed by atoms with Crippen LogP contribution in [0.15, 0.2) is 0 Å². The van der Waals surface area contributed by atoms with Crippen molar-refractivity contribution in [1.82, 2.24) is 0 Å². The highest BCUT2D eigenvalue weighted by Gasteiger charge is 1.65. The van der Waals surface area contributed by atoms with Crippen LogP contribution in [0.5, 0.6) is 0 Å². The molecule has 0 rings (SSSR count). The molecule has 0 fully saturated rings. The number of aliphatic hydroxyl groups is 2. The molecule has 4 N–H and O–H groups in total. The molecular weight excluding hydrogens is 204 g/mol. The second-order valence-electron chi connectivity index (χ2n) is 1.15. The fourth-order valence-electron chi connectivity index (χ4n) is 0.112. The second-order valence-corrected chi connectivity index (χ2v) is 1.15. The molecule has 0 amide bonds. The Kier molecular flexibility index (Phi) is 21.8. The maximum atomic E-state index is 8.36. The Morgan fingerprint density at radius 2 is 1.07 bits per heavy atom. The van der Waals surface area contributed by atoms with E-state index in [-0.39, 0.29) is 13.2 Å². The van der Waals surface area contributed by atoms with Crippen molar-refractivity contribution in [3.8, 4) is 11.8 Å². The van der Waals surface area contributed by atoms with Crippen LogP contribution in [0.1, 0.15) is 0 Å². The van der Waals surface area contributed by atoms with Gasteiger partial charge in [-0.05, 0) is 0 Å². The van der Waals surface area contributed by atoms with Crippen LogP contribution in [0.2, 0.25) is 0 Å². The van der Waals surface area contributed by atoms with Gasteiger partial charge in [-0.1, -0.05) is 11.8 Å². The zero-order valence-corrected chi connectivity index (χ0v) is 6.73. The Bertz CT molecular complexity index is 177. The fourth-order valence-corrected chi connectivity index (χ4v) is 0.112. The summed E-state index contributed by atoms with van der Waals surface area (Å²) in [7, 11) is 0. The molecule has 0 aromatic heterocycles. The third-order valence-electron chi connectivity index (χ3n) is 0.283. The lowest BCUT2D eigenvalue weighted by Gasteiger charge is -1.66. The van der Waals surface area contributed by atoms with Crippen molar-refractivity contribution in [1.29, 1.82) is 0 Å². The molecule has 0 bridgehead atoms. The molecule has 82 valence electrons. The highest BCUT2D eigenvalue weighted by atomic mass is 16.9. The Labute approximate surface area is 77.2 Å². The summed E-state index contributed by atoms with van der Waals surface area (Å²) in [5, 5.41) is 43.1. The molecule has 10 heteroatoms. The first-order valence-corrected chi connectivity index (χ1v) is 2.72. The van der Waals surface area contributed by atoms with Crippen LogP contribution in [0.4, 0.5) is 0 Å². The molecule has 0 spiro atoms. The molecule has 10 nitrogen and oxygen atoms in total. The molecule has 0 aliphatic carbocycles. The normalized spacial score (nSPS) is 6.14. The Morgan fingerprint density at radius 3 is 1.14 bits per heavy atom. The van der Waals surface area contributed by atoms with Gasteiger partial charge in [0.1, 0.15) is 13.2 Å². The van der Waals surface area contributed by atoms with Gasteiger partial charge < -0.3 is 20.6 Å². The quantitative estimate of drug-likeness (QED) is 0.209. The van der Waals surface area contributed by atoms with Gasteiger partial charge in [-0.3, -0.25) is 0 Å². The molecule has 0 aliphatic heterocycles. The minimum atomic E-state index is -1.50. The van der Waals surface area contributed by atoms with Crippen molar-refractivity contribution < 1.29 is 30.8 Å². The van der Waals surface area contributed by atoms with Crippen LogP contribution < -0.4 is 0 Å². The summed E-state index contributed by atoms with van der Waals surface area (Å²) in [5.74, 6) is 4.51. The zero-order valence-electron chi connectivity index (χ0n) is 6.73. The minimum Gasteiger partial charge on any atom is -0.384 e. The van der Waals surface area contributed by atoms with Crippen LogP contribution in [-0.4, -0.2) is 44.0 Å². The summed E-state index contributed by atoms with van der Waals surface area (Å²) in [5.41, 5.74) is 0. The van der Waals surface area contributed by atoms with Gasteiger partial charge in [0.25, 0.3) is 10.2 Å². The fraction of sp³-hybridized carbons (Fsp3) is 0.500. The van der Waals surface area contributed by atoms with Gasteiger partial charge in [-0.2, -0.15) is 0 Å². The molecule has 0 heterocycles. The van der Waals surface area contributed by atoms with Crippen molar-refractivity contribution in [2.45, 2.75) is 0 Å². The number of nitrogens with zero attached hydrogens (tertiary/aromatic N) is 2. The van der Waals surface area contributed by atoms with Gasteiger partial charge in [0.2, 0.25) is 0 Å². The molecule has 0 aliphatic rings. The van der Waals surface area contributed by atoms with E-state index in [1.807, 2.05) is 0 Å². The lowest BCUT2D eigenvalue weighted by atomic mass is 10.6. The first-order valence-electron chi connectivity index (χ1n) is 2.72. The Morgan fingerprint density at radius 1 is 0.929 bits per heavy atom. The minimum absolute atomic E-state index is 0.166. The predicted octanol–water partition coefficient (Wildman–Crippen LogP) is -1.72. The van der Waals surface area contributed by atoms with E-state index in [1.165, 1.54) is 0 Å². The zero-order chi connectivity index (χ0) is 12.0.